The number of fused-ring (bicyclic) bond motifs is 1. The van der Waals surface area contributed by atoms with Gasteiger partial charge in [-0.05, 0) is 54.5 Å². The van der Waals surface area contributed by atoms with Crippen LogP contribution in [0.4, 0.5) is 0 Å². The number of hydrogen-bond donors (Lipinski definition) is 0. The maximum Gasteiger partial charge on any atom is 0.0704 e. The van der Waals surface area contributed by atoms with Gasteiger partial charge in [0.2, 0.25) is 0 Å². The Balaban J connectivity index is 2.14. The second-order valence-corrected chi connectivity index (χ2v) is 4.73. The fourth-order valence-corrected chi connectivity index (χ4v) is 2.52. The molecule has 16 heavy (non-hydrogen) atoms. The molecule has 1 fully saturated rings. The van der Waals surface area contributed by atoms with Gasteiger partial charge in [-0.25, -0.2) is 0 Å². The predicted octanol–water partition coefficient (Wildman–Crippen LogP) is 4.06. The molecule has 0 N–H and O–H groups in total. The Bertz CT molecular complexity index is 512. The summed E-state index contributed by atoms with van der Waals surface area (Å²) in [5, 5.41) is 1.36. The van der Waals surface area contributed by atoms with Crippen LogP contribution in [0.25, 0.3) is 10.9 Å². The zero-order valence-corrected chi connectivity index (χ0v) is 9.74. The summed E-state index contributed by atoms with van der Waals surface area (Å²) >= 11 is 0. The van der Waals surface area contributed by atoms with E-state index in [1.807, 2.05) is 6.20 Å². The molecular formula is C15H17N. The van der Waals surface area contributed by atoms with Gasteiger partial charge in [0.05, 0.1) is 5.52 Å². The summed E-state index contributed by atoms with van der Waals surface area (Å²) in [4.78, 5) is 4.43. The Labute approximate surface area is 96.5 Å². The third kappa shape index (κ3) is 1.51. The molecule has 0 unspecified atom stereocenters. The van der Waals surface area contributed by atoms with Gasteiger partial charge in [0.25, 0.3) is 0 Å². The molecule has 1 aromatic carbocycles. The van der Waals surface area contributed by atoms with E-state index in [-0.39, 0.29) is 0 Å². The van der Waals surface area contributed by atoms with Crippen LogP contribution in [0.2, 0.25) is 0 Å². The van der Waals surface area contributed by atoms with E-state index in [2.05, 4.69) is 36.2 Å². The van der Waals surface area contributed by atoms with Crippen LogP contribution in [0.1, 0.15) is 43.2 Å². The fraction of sp³-hybridized carbons (Fsp3) is 0.400. The first-order valence-electron chi connectivity index (χ1n) is 6.26. The number of benzene rings is 1. The van der Waals surface area contributed by atoms with Gasteiger partial charge >= 0.3 is 0 Å². The molecule has 82 valence electrons. The first-order valence-corrected chi connectivity index (χ1v) is 6.26. The Hall–Kier alpha value is -1.37. The molecule has 1 heteroatoms. The number of aromatic nitrogens is 1. The van der Waals surface area contributed by atoms with Crippen LogP contribution in [0, 0.1) is 0 Å². The van der Waals surface area contributed by atoms with Crippen LogP contribution in [0.15, 0.2) is 30.5 Å². The molecule has 0 radical (unpaired) electrons. The summed E-state index contributed by atoms with van der Waals surface area (Å²) in [7, 11) is 0. The van der Waals surface area contributed by atoms with E-state index in [4.69, 9.17) is 0 Å². The molecule has 1 saturated carbocycles. The largest absolute Gasteiger partial charge is 0.256 e. The monoisotopic (exact) mass is 211 g/mol. The lowest BCUT2D eigenvalue weighted by Crippen LogP contribution is -2.08. The lowest BCUT2D eigenvalue weighted by atomic mass is 9.79. The van der Waals surface area contributed by atoms with Crippen LogP contribution in [0.3, 0.4) is 0 Å². The molecule has 1 nitrogen and oxygen atoms in total. The summed E-state index contributed by atoms with van der Waals surface area (Å²) in [5.41, 5.74) is 4.08. The van der Waals surface area contributed by atoms with E-state index in [9.17, 15) is 0 Å². The SMILES string of the molecule is CCc1ccnc2ccc(C3CCC3)cc12. The van der Waals surface area contributed by atoms with Crippen molar-refractivity contribution >= 4 is 10.9 Å². The zero-order chi connectivity index (χ0) is 11.0. The highest BCUT2D eigenvalue weighted by atomic mass is 14.6. The molecule has 0 amide bonds. The van der Waals surface area contributed by atoms with Gasteiger partial charge in [-0.15, -0.1) is 0 Å². The Kier molecular flexibility index (Phi) is 2.39. The molecule has 2 aromatic rings. The Morgan fingerprint density at radius 3 is 2.81 bits per heavy atom. The molecule has 0 aliphatic heterocycles. The normalized spacial score (nSPS) is 16.3. The predicted molar refractivity (Wildman–Crippen MR) is 67.7 cm³/mol. The number of hydrogen-bond acceptors (Lipinski definition) is 1. The van der Waals surface area contributed by atoms with Crippen molar-refractivity contribution in [2.45, 2.75) is 38.5 Å². The van der Waals surface area contributed by atoms with Crippen molar-refractivity contribution in [3.63, 3.8) is 0 Å². The van der Waals surface area contributed by atoms with Crippen LogP contribution < -0.4 is 0 Å². The third-order valence-corrected chi connectivity index (χ3v) is 3.81. The summed E-state index contributed by atoms with van der Waals surface area (Å²) in [6.45, 7) is 2.21. The van der Waals surface area contributed by atoms with Crippen molar-refractivity contribution in [2.24, 2.45) is 0 Å². The summed E-state index contributed by atoms with van der Waals surface area (Å²) in [6, 6.07) is 8.96. The topological polar surface area (TPSA) is 12.9 Å². The highest BCUT2D eigenvalue weighted by molar-refractivity contribution is 5.82. The van der Waals surface area contributed by atoms with Crippen LogP contribution >= 0.6 is 0 Å². The van der Waals surface area contributed by atoms with Crippen LogP contribution in [0.5, 0.6) is 0 Å². The minimum absolute atomic E-state index is 0.814. The van der Waals surface area contributed by atoms with Gasteiger partial charge in [0.15, 0.2) is 0 Å². The van der Waals surface area contributed by atoms with Gasteiger partial charge in [-0.1, -0.05) is 19.4 Å². The number of pyridine rings is 1. The lowest BCUT2D eigenvalue weighted by Gasteiger charge is -2.26. The molecule has 1 aliphatic rings. The minimum Gasteiger partial charge on any atom is -0.256 e. The zero-order valence-electron chi connectivity index (χ0n) is 9.74. The average Bonchev–Trinajstić information content (AvgIpc) is 2.26. The second kappa shape index (κ2) is 3.89. The molecular weight excluding hydrogens is 194 g/mol. The van der Waals surface area contributed by atoms with Crippen molar-refractivity contribution in [3.8, 4) is 0 Å². The van der Waals surface area contributed by atoms with E-state index in [1.165, 1.54) is 35.8 Å². The summed E-state index contributed by atoms with van der Waals surface area (Å²) in [5.74, 6) is 0.814. The smallest absolute Gasteiger partial charge is 0.0704 e. The molecule has 1 aromatic heterocycles. The molecule has 0 bridgehead atoms. The first kappa shape index (κ1) is 9.83. The molecule has 1 heterocycles. The highest BCUT2D eigenvalue weighted by Crippen LogP contribution is 2.37. The van der Waals surface area contributed by atoms with Crippen molar-refractivity contribution in [1.82, 2.24) is 4.98 Å². The molecule has 3 rings (SSSR count). The van der Waals surface area contributed by atoms with Crippen molar-refractivity contribution in [3.05, 3.63) is 41.6 Å². The second-order valence-electron chi connectivity index (χ2n) is 4.73. The Morgan fingerprint density at radius 2 is 2.12 bits per heavy atom. The Morgan fingerprint density at radius 1 is 1.25 bits per heavy atom. The van der Waals surface area contributed by atoms with Crippen molar-refractivity contribution in [2.75, 3.05) is 0 Å². The first-order chi connectivity index (χ1) is 7.88. The maximum atomic E-state index is 4.43. The standard InChI is InChI=1S/C15H17N/c1-2-11-8-9-16-15-7-6-13(10-14(11)15)12-4-3-5-12/h6-10,12H,2-5H2,1H3. The van der Waals surface area contributed by atoms with E-state index in [1.54, 1.807) is 0 Å². The van der Waals surface area contributed by atoms with Gasteiger partial charge in [0, 0.05) is 11.6 Å². The van der Waals surface area contributed by atoms with Crippen LogP contribution in [-0.4, -0.2) is 4.98 Å². The third-order valence-electron chi connectivity index (χ3n) is 3.81. The quantitative estimate of drug-likeness (QED) is 0.729. The van der Waals surface area contributed by atoms with Gasteiger partial charge in [-0.3, -0.25) is 4.98 Å². The minimum atomic E-state index is 0.814. The van der Waals surface area contributed by atoms with Gasteiger partial charge in [-0.2, -0.15) is 0 Å². The summed E-state index contributed by atoms with van der Waals surface area (Å²) < 4.78 is 0. The lowest BCUT2D eigenvalue weighted by molar-refractivity contribution is 0.420. The molecule has 0 saturated heterocycles. The van der Waals surface area contributed by atoms with E-state index < -0.39 is 0 Å². The average molecular weight is 211 g/mol. The van der Waals surface area contributed by atoms with E-state index >= 15 is 0 Å². The fourth-order valence-electron chi connectivity index (χ4n) is 2.52. The van der Waals surface area contributed by atoms with E-state index in [0.717, 1.165) is 17.9 Å². The van der Waals surface area contributed by atoms with E-state index in [0.29, 0.717) is 0 Å². The van der Waals surface area contributed by atoms with Gasteiger partial charge < -0.3 is 0 Å². The molecule has 0 spiro atoms. The number of rotatable bonds is 2. The maximum absolute atomic E-state index is 4.43. The summed E-state index contributed by atoms with van der Waals surface area (Å²) in [6.07, 6.45) is 7.15. The number of aryl methyl sites for hydroxylation is 1. The molecule has 1 aliphatic carbocycles. The van der Waals surface area contributed by atoms with Crippen LogP contribution in [-0.2, 0) is 6.42 Å². The van der Waals surface area contributed by atoms with Crippen molar-refractivity contribution in [1.29, 1.82) is 0 Å². The highest BCUT2D eigenvalue weighted by Gasteiger charge is 2.19. The van der Waals surface area contributed by atoms with Gasteiger partial charge in [0.1, 0.15) is 0 Å². The van der Waals surface area contributed by atoms with Crippen molar-refractivity contribution < 1.29 is 0 Å². The molecule has 0 atom stereocenters. The number of nitrogens with zero attached hydrogens (tertiary/aromatic N) is 1.